The van der Waals surface area contributed by atoms with Crippen LogP contribution in [-0.2, 0) is 19.8 Å². The number of halogens is 4. The van der Waals surface area contributed by atoms with Crippen LogP contribution < -0.4 is 20.4 Å². The highest BCUT2D eigenvalue weighted by Crippen LogP contribution is 2.32. The smallest absolute Gasteiger partial charge is 0.416 e. The molecule has 2 aromatic heterocycles. The van der Waals surface area contributed by atoms with Gasteiger partial charge in [-0.2, -0.15) is 17.7 Å². The Balaban J connectivity index is 1.43. The van der Waals surface area contributed by atoms with Crippen molar-refractivity contribution < 1.29 is 26.5 Å². The standard InChI is InChI=1S/C33H29F4N3O2/c1-4-40(5-2)26-15-11-22-16-23(32(41)42-31(22)18-26)12-14-25-13-10-21-17-28(34)29(19-30(21)39(25)3)38-20-24-8-6-7-9-27(24)33(35,36)37/h6-19H,4-5,20H2,1-3H3/p+1/b14-12+. The van der Waals surface area contributed by atoms with E-state index in [4.69, 9.17) is 4.42 Å². The van der Waals surface area contributed by atoms with Gasteiger partial charge in [0.05, 0.1) is 16.8 Å². The molecule has 0 spiro atoms. The number of benzene rings is 3. The molecule has 2 heterocycles. The SMILES string of the molecule is CCN(CC)c1ccc2cc(/C=C/c3ccc4cc(F)c(NCc5ccccc5C(F)(F)F)cc4[n+]3C)c(=O)oc2c1. The zero-order chi connectivity index (χ0) is 30.0. The van der Waals surface area contributed by atoms with Crippen LogP contribution in [0.5, 0.6) is 0 Å². The van der Waals surface area contributed by atoms with Gasteiger partial charge in [0.15, 0.2) is 0 Å². The molecule has 0 atom stereocenters. The summed E-state index contributed by atoms with van der Waals surface area (Å²) in [6.07, 6.45) is -1.08. The first kappa shape index (κ1) is 28.9. The van der Waals surface area contributed by atoms with Gasteiger partial charge >= 0.3 is 11.8 Å². The summed E-state index contributed by atoms with van der Waals surface area (Å²) >= 11 is 0. The first-order valence-electron chi connectivity index (χ1n) is 13.6. The molecule has 0 aliphatic carbocycles. The van der Waals surface area contributed by atoms with E-state index in [9.17, 15) is 22.4 Å². The number of alkyl halides is 3. The average molecular weight is 577 g/mol. The van der Waals surface area contributed by atoms with E-state index >= 15 is 0 Å². The highest BCUT2D eigenvalue weighted by molar-refractivity contribution is 5.84. The zero-order valence-corrected chi connectivity index (χ0v) is 23.4. The van der Waals surface area contributed by atoms with Crippen molar-refractivity contribution in [3.05, 3.63) is 111 Å². The van der Waals surface area contributed by atoms with Gasteiger partial charge in [0.25, 0.3) is 0 Å². The van der Waals surface area contributed by atoms with E-state index in [0.717, 1.165) is 35.9 Å². The average Bonchev–Trinajstić information content (AvgIpc) is 2.96. The van der Waals surface area contributed by atoms with E-state index in [2.05, 4.69) is 24.1 Å². The van der Waals surface area contributed by atoms with Crippen molar-refractivity contribution in [2.24, 2.45) is 7.05 Å². The van der Waals surface area contributed by atoms with Crippen LogP contribution in [0.15, 0.2) is 82.0 Å². The zero-order valence-electron chi connectivity index (χ0n) is 23.4. The van der Waals surface area contributed by atoms with Crippen molar-refractivity contribution in [1.29, 1.82) is 0 Å². The molecule has 5 rings (SSSR count). The Bertz CT molecular complexity index is 1860. The van der Waals surface area contributed by atoms with Crippen molar-refractivity contribution in [3.8, 4) is 0 Å². The number of nitrogens with one attached hydrogen (secondary N) is 1. The lowest BCUT2D eigenvalue weighted by molar-refractivity contribution is -0.646. The van der Waals surface area contributed by atoms with Crippen LogP contribution in [0.1, 0.15) is 36.2 Å². The number of nitrogens with zero attached hydrogens (tertiary/aromatic N) is 2. The fourth-order valence-corrected chi connectivity index (χ4v) is 5.06. The van der Waals surface area contributed by atoms with Gasteiger partial charge in [0.2, 0.25) is 11.2 Å². The molecule has 42 heavy (non-hydrogen) atoms. The van der Waals surface area contributed by atoms with Crippen LogP contribution in [0, 0.1) is 5.82 Å². The summed E-state index contributed by atoms with van der Waals surface area (Å²) < 4.78 is 62.5. The van der Waals surface area contributed by atoms with Crippen molar-refractivity contribution in [3.63, 3.8) is 0 Å². The van der Waals surface area contributed by atoms with E-state index in [1.165, 1.54) is 24.3 Å². The predicted molar refractivity (Wildman–Crippen MR) is 159 cm³/mol. The molecular weight excluding hydrogens is 546 g/mol. The molecule has 0 fully saturated rings. The minimum Gasteiger partial charge on any atom is -0.422 e. The summed E-state index contributed by atoms with van der Waals surface area (Å²) in [5, 5.41) is 4.23. The Hall–Kier alpha value is -4.66. The number of hydrogen-bond acceptors (Lipinski definition) is 4. The number of hydrogen-bond donors (Lipinski definition) is 1. The van der Waals surface area contributed by atoms with Gasteiger partial charge in [-0.05, 0) is 61.9 Å². The monoisotopic (exact) mass is 576 g/mol. The van der Waals surface area contributed by atoms with E-state index in [1.807, 2.05) is 22.8 Å². The van der Waals surface area contributed by atoms with Crippen molar-refractivity contribution in [2.45, 2.75) is 26.6 Å². The Morgan fingerprint density at radius 2 is 1.67 bits per heavy atom. The maximum Gasteiger partial charge on any atom is 0.416 e. The molecular formula is C33H30F4N3O2+. The molecule has 0 amide bonds. The Morgan fingerprint density at radius 3 is 2.40 bits per heavy atom. The molecule has 0 aliphatic heterocycles. The normalized spacial score (nSPS) is 12.0. The molecule has 216 valence electrons. The van der Waals surface area contributed by atoms with Gasteiger partial charge in [-0.1, -0.05) is 18.2 Å². The largest absolute Gasteiger partial charge is 0.422 e. The van der Waals surface area contributed by atoms with Crippen LogP contribution in [-0.4, -0.2) is 13.1 Å². The third-order valence-corrected chi connectivity index (χ3v) is 7.40. The van der Waals surface area contributed by atoms with Crippen molar-refractivity contribution in [2.75, 3.05) is 23.3 Å². The molecule has 0 bridgehead atoms. The van der Waals surface area contributed by atoms with E-state index < -0.39 is 23.2 Å². The van der Waals surface area contributed by atoms with Crippen molar-refractivity contribution in [1.82, 2.24) is 0 Å². The molecule has 1 N–H and O–H groups in total. The molecule has 5 aromatic rings. The molecule has 0 saturated carbocycles. The van der Waals surface area contributed by atoms with Crippen LogP contribution in [0.4, 0.5) is 28.9 Å². The number of anilines is 2. The lowest BCUT2D eigenvalue weighted by Crippen LogP contribution is -2.32. The second-order valence-electron chi connectivity index (χ2n) is 9.93. The fourth-order valence-electron chi connectivity index (χ4n) is 5.06. The first-order chi connectivity index (χ1) is 20.1. The van der Waals surface area contributed by atoms with Gasteiger partial charge in [-0.15, -0.1) is 0 Å². The second kappa shape index (κ2) is 11.7. The summed E-state index contributed by atoms with van der Waals surface area (Å²) in [5.41, 5.74) is 2.11. The highest BCUT2D eigenvalue weighted by Gasteiger charge is 2.32. The van der Waals surface area contributed by atoms with Gasteiger partial charge in [-0.25, -0.2) is 9.18 Å². The third-order valence-electron chi connectivity index (χ3n) is 7.40. The van der Waals surface area contributed by atoms with Crippen LogP contribution in [0.3, 0.4) is 0 Å². The number of rotatable bonds is 8. The molecule has 5 nitrogen and oxygen atoms in total. The van der Waals surface area contributed by atoms with E-state index in [-0.39, 0.29) is 17.8 Å². The first-order valence-corrected chi connectivity index (χ1v) is 13.6. The predicted octanol–water partition coefficient (Wildman–Crippen LogP) is 7.56. The summed E-state index contributed by atoms with van der Waals surface area (Å²) in [5.74, 6) is -0.576. The number of aryl methyl sites for hydroxylation is 1. The van der Waals surface area contributed by atoms with Gasteiger partial charge in [0, 0.05) is 60.4 Å². The highest BCUT2D eigenvalue weighted by atomic mass is 19.4. The molecule has 0 saturated heterocycles. The van der Waals surface area contributed by atoms with Gasteiger partial charge < -0.3 is 14.6 Å². The molecule has 0 aliphatic rings. The minimum absolute atomic E-state index is 0.0176. The fraction of sp³-hybridized carbons (Fsp3) is 0.212. The molecule has 9 heteroatoms. The van der Waals surface area contributed by atoms with Crippen LogP contribution in [0.25, 0.3) is 34.0 Å². The number of aromatic nitrogens is 1. The lowest BCUT2D eigenvalue weighted by Gasteiger charge is -2.20. The number of pyridine rings is 1. The van der Waals surface area contributed by atoms with E-state index in [0.29, 0.717) is 22.0 Å². The Labute approximate surface area is 240 Å². The van der Waals surface area contributed by atoms with E-state index in [1.54, 1.807) is 43.5 Å². The quantitative estimate of drug-likeness (QED) is 0.118. The number of fused-ring (bicyclic) bond motifs is 2. The van der Waals surface area contributed by atoms with Gasteiger partial charge in [0.1, 0.15) is 18.4 Å². The van der Waals surface area contributed by atoms with Crippen LogP contribution in [0.2, 0.25) is 0 Å². The molecule has 3 aromatic carbocycles. The minimum atomic E-state index is -4.51. The summed E-state index contributed by atoms with van der Waals surface area (Å²) in [6.45, 7) is 5.61. The maximum atomic E-state index is 14.9. The molecule has 0 radical (unpaired) electrons. The maximum absolute atomic E-state index is 14.9. The Morgan fingerprint density at radius 1 is 0.929 bits per heavy atom. The van der Waals surface area contributed by atoms with Gasteiger partial charge in [-0.3, -0.25) is 0 Å². The topological polar surface area (TPSA) is 49.4 Å². The summed E-state index contributed by atoms with van der Waals surface area (Å²) in [4.78, 5) is 14.9. The second-order valence-corrected chi connectivity index (χ2v) is 9.93. The Kier molecular flexibility index (Phi) is 8.02. The van der Waals surface area contributed by atoms with Crippen molar-refractivity contribution >= 4 is 45.4 Å². The lowest BCUT2D eigenvalue weighted by atomic mass is 10.1. The molecule has 0 unspecified atom stereocenters. The summed E-state index contributed by atoms with van der Waals surface area (Å²) in [6, 6.07) is 19.2. The van der Waals surface area contributed by atoms with Crippen LogP contribution >= 0.6 is 0 Å². The third kappa shape index (κ3) is 5.86. The summed E-state index contributed by atoms with van der Waals surface area (Å²) in [7, 11) is 1.79.